The van der Waals surface area contributed by atoms with E-state index in [1.54, 1.807) is 0 Å². The number of nitrogens with one attached hydrogen (secondary N) is 2. The van der Waals surface area contributed by atoms with Crippen LogP contribution in [0, 0.1) is 0 Å². The van der Waals surface area contributed by atoms with Gasteiger partial charge in [0, 0.05) is 25.6 Å². The number of benzene rings is 2. The largest absolute Gasteiger partial charge is 0.481 e. The third kappa shape index (κ3) is 5.63. The average molecular weight is 502 g/mol. The molecule has 35 heavy (non-hydrogen) atoms. The number of carboxylic acids is 1. The van der Waals surface area contributed by atoms with Gasteiger partial charge in [0.1, 0.15) is 12.6 Å². The van der Waals surface area contributed by atoms with Gasteiger partial charge in [-0.2, -0.15) is 0 Å². The van der Waals surface area contributed by atoms with E-state index in [0.29, 0.717) is 13.0 Å². The fourth-order valence-electron chi connectivity index (χ4n) is 4.54. The average Bonchev–Trinajstić information content (AvgIpc) is 3.33. The highest BCUT2D eigenvalue weighted by Crippen LogP contribution is 2.44. The molecule has 0 spiro atoms. The number of hydrogen-bond donors (Lipinski definition) is 3. The summed E-state index contributed by atoms with van der Waals surface area (Å²) in [4.78, 5) is 36.3. The van der Waals surface area contributed by atoms with Gasteiger partial charge in [0.05, 0.1) is 12.2 Å². The number of nitrogens with zero attached hydrogens (tertiary/aromatic N) is 1. The Bertz CT molecular complexity index is 1190. The number of carboxylic acid groups (broad SMARTS) is 1. The number of aliphatic carboxylic acids is 1. The lowest BCUT2D eigenvalue weighted by molar-refractivity contribution is -0.139. The summed E-state index contributed by atoms with van der Waals surface area (Å²) in [5.74, 6) is -2.10. The molecule has 1 atom stereocenters. The van der Waals surface area contributed by atoms with E-state index < -0.39 is 40.5 Å². The van der Waals surface area contributed by atoms with Crippen LogP contribution < -0.4 is 10.6 Å². The van der Waals surface area contributed by atoms with Gasteiger partial charge < -0.3 is 20.5 Å². The molecular formula is C24H27N3O7S. The first-order chi connectivity index (χ1) is 16.8. The molecule has 11 heteroatoms. The van der Waals surface area contributed by atoms with E-state index >= 15 is 0 Å². The lowest BCUT2D eigenvalue weighted by atomic mass is 9.98. The maximum Gasteiger partial charge on any atom is 0.407 e. The van der Waals surface area contributed by atoms with E-state index in [1.165, 1.54) is 4.31 Å². The Hall–Kier alpha value is -3.44. The van der Waals surface area contributed by atoms with Crippen molar-refractivity contribution in [3.8, 4) is 11.1 Å². The molecule has 1 unspecified atom stereocenters. The standard InChI is InChI=1S/C24H27N3O7S/c28-22(29)14-21(23(30)25-10-12-27-11-5-13-35(27,32)33)26-24(31)34-15-20-18-8-3-1-6-16(18)17-7-2-4-9-19(17)20/h1-4,6-9,20-21H,5,10-15H2,(H,25,30)(H,26,31)(H,28,29). The van der Waals surface area contributed by atoms with E-state index in [2.05, 4.69) is 10.6 Å². The molecule has 0 aromatic heterocycles. The minimum absolute atomic E-state index is 0.000548. The van der Waals surface area contributed by atoms with Gasteiger partial charge in [0.25, 0.3) is 0 Å². The summed E-state index contributed by atoms with van der Waals surface area (Å²) < 4.78 is 30.4. The SMILES string of the molecule is O=C(O)CC(NC(=O)OCC1c2ccccc2-c2ccccc21)C(=O)NCCN1CCCS1(=O)=O. The maximum atomic E-state index is 12.5. The zero-order chi connectivity index (χ0) is 25.0. The number of ether oxygens (including phenoxy) is 1. The molecule has 0 saturated carbocycles. The highest BCUT2D eigenvalue weighted by atomic mass is 32.2. The van der Waals surface area contributed by atoms with E-state index in [0.717, 1.165) is 22.3 Å². The predicted molar refractivity (Wildman–Crippen MR) is 127 cm³/mol. The molecule has 3 N–H and O–H groups in total. The van der Waals surface area contributed by atoms with E-state index in [-0.39, 0.29) is 31.4 Å². The number of amides is 2. The van der Waals surface area contributed by atoms with Crippen molar-refractivity contribution in [2.45, 2.75) is 24.8 Å². The predicted octanol–water partition coefficient (Wildman–Crippen LogP) is 1.52. The van der Waals surface area contributed by atoms with Gasteiger partial charge in [0.15, 0.2) is 0 Å². The van der Waals surface area contributed by atoms with E-state index in [9.17, 15) is 27.9 Å². The third-order valence-corrected chi connectivity index (χ3v) is 8.15. The zero-order valence-corrected chi connectivity index (χ0v) is 19.8. The molecule has 1 aliphatic heterocycles. The number of carbonyl (C=O) groups excluding carboxylic acids is 2. The van der Waals surface area contributed by atoms with Crippen molar-refractivity contribution in [1.82, 2.24) is 14.9 Å². The molecule has 4 rings (SSSR count). The first kappa shape index (κ1) is 24.7. The Morgan fingerprint density at radius 2 is 1.69 bits per heavy atom. The molecule has 10 nitrogen and oxygen atoms in total. The molecule has 2 aromatic rings. The highest BCUT2D eigenvalue weighted by Gasteiger charge is 2.31. The second-order valence-electron chi connectivity index (χ2n) is 8.48. The van der Waals surface area contributed by atoms with Crippen LogP contribution in [0.1, 0.15) is 29.9 Å². The second-order valence-corrected chi connectivity index (χ2v) is 10.6. The van der Waals surface area contributed by atoms with Gasteiger partial charge in [-0.15, -0.1) is 0 Å². The molecular weight excluding hydrogens is 474 g/mol. The van der Waals surface area contributed by atoms with Crippen LogP contribution in [0.3, 0.4) is 0 Å². The molecule has 1 aliphatic carbocycles. The first-order valence-electron chi connectivity index (χ1n) is 11.3. The zero-order valence-electron chi connectivity index (χ0n) is 19.0. The monoisotopic (exact) mass is 501 g/mol. The molecule has 1 saturated heterocycles. The first-order valence-corrected chi connectivity index (χ1v) is 13.0. The molecule has 2 aromatic carbocycles. The molecule has 2 aliphatic rings. The van der Waals surface area contributed by atoms with E-state index in [4.69, 9.17) is 4.74 Å². The Morgan fingerprint density at radius 1 is 1.06 bits per heavy atom. The summed E-state index contributed by atoms with van der Waals surface area (Å²) in [6, 6.07) is 14.3. The number of hydrogen-bond acceptors (Lipinski definition) is 6. The Morgan fingerprint density at radius 3 is 2.26 bits per heavy atom. The van der Waals surface area contributed by atoms with Crippen molar-refractivity contribution in [1.29, 1.82) is 0 Å². The van der Waals surface area contributed by atoms with Gasteiger partial charge in [-0.1, -0.05) is 48.5 Å². The molecule has 1 heterocycles. The number of carbonyl (C=O) groups is 3. The van der Waals surface area contributed by atoms with Crippen LogP contribution >= 0.6 is 0 Å². The van der Waals surface area contributed by atoms with Crippen LogP contribution in [-0.4, -0.2) is 73.8 Å². The van der Waals surface area contributed by atoms with Crippen LogP contribution in [0.4, 0.5) is 4.79 Å². The second kappa shape index (κ2) is 10.4. The van der Waals surface area contributed by atoms with Gasteiger partial charge >= 0.3 is 12.1 Å². The number of rotatable bonds is 9. The minimum atomic E-state index is -3.30. The van der Waals surface area contributed by atoms with Crippen LogP contribution in [0.2, 0.25) is 0 Å². The minimum Gasteiger partial charge on any atom is -0.481 e. The third-order valence-electron chi connectivity index (χ3n) is 6.19. The molecule has 186 valence electrons. The van der Waals surface area contributed by atoms with E-state index in [1.807, 2.05) is 48.5 Å². The normalized spacial score (nSPS) is 17.3. The van der Waals surface area contributed by atoms with Crippen molar-refractivity contribution in [3.05, 3.63) is 59.7 Å². The molecule has 1 fully saturated rings. The summed E-state index contributed by atoms with van der Waals surface area (Å²) in [6.07, 6.45) is -1.02. The van der Waals surface area contributed by atoms with Crippen LogP contribution in [-0.2, 0) is 24.3 Å². The molecule has 0 radical (unpaired) electrons. The van der Waals surface area contributed by atoms with Crippen molar-refractivity contribution < 1.29 is 32.6 Å². The van der Waals surface area contributed by atoms with Gasteiger partial charge in [-0.3, -0.25) is 9.59 Å². The van der Waals surface area contributed by atoms with Gasteiger partial charge in [-0.05, 0) is 28.7 Å². The highest BCUT2D eigenvalue weighted by molar-refractivity contribution is 7.89. The summed E-state index contributed by atoms with van der Waals surface area (Å²) >= 11 is 0. The van der Waals surface area contributed by atoms with Crippen molar-refractivity contribution >= 4 is 28.0 Å². The summed E-state index contributed by atoms with van der Waals surface area (Å²) in [7, 11) is -3.30. The quantitative estimate of drug-likeness (QED) is 0.473. The van der Waals surface area contributed by atoms with Gasteiger partial charge in [0.2, 0.25) is 15.9 Å². The summed E-state index contributed by atoms with van der Waals surface area (Å²) in [5.41, 5.74) is 4.19. The van der Waals surface area contributed by atoms with Crippen LogP contribution in [0.15, 0.2) is 48.5 Å². The lowest BCUT2D eigenvalue weighted by Gasteiger charge is -2.19. The van der Waals surface area contributed by atoms with Crippen LogP contribution in [0.5, 0.6) is 0 Å². The molecule has 0 bridgehead atoms. The van der Waals surface area contributed by atoms with Crippen molar-refractivity contribution in [3.63, 3.8) is 0 Å². The van der Waals surface area contributed by atoms with Gasteiger partial charge in [-0.25, -0.2) is 17.5 Å². The summed E-state index contributed by atoms with van der Waals surface area (Å²) in [5, 5.41) is 14.0. The number of alkyl carbamates (subject to hydrolysis) is 1. The fourth-order valence-corrected chi connectivity index (χ4v) is 6.06. The molecule has 2 amide bonds. The Kier molecular flexibility index (Phi) is 7.37. The lowest BCUT2D eigenvalue weighted by Crippen LogP contribution is -2.49. The van der Waals surface area contributed by atoms with Crippen molar-refractivity contribution in [2.75, 3.05) is 32.0 Å². The summed E-state index contributed by atoms with van der Waals surface area (Å²) in [6.45, 7) is 0.488. The topological polar surface area (TPSA) is 142 Å². The Balaban J connectivity index is 1.34. The maximum absolute atomic E-state index is 12.5. The fraction of sp³-hybridized carbons (Fsp3) is 0.375. The smallest absolute Gasteiger partial charge is 0.407 e. The number of fused-ring (bicyclic) bond motifs is 3. The van der Waals surface area contributed by atoms with Crippen molar-refractivity contribution in [2.24, 2.45) is 0 Å². The van der Waals surface area contributed by atoms with Crippen LogP contribution in [0.25, 0.3) is 11.1 Å². The Labute approximate surface area is 203 Å². The number of sulfonamides is 1.